The molecule has 0 radical (unpaired) electrons. The predicted molar refractivity (Wildman–Crippen MR) is 135 cm³/mol. The van der Waals surface area contributed by atoms with E-state index >= 15 is 0 Å². The van der Waals surface area contributed by atoms with Gasteiger partial charge in [-0.3, -0.25) is 14.8 Å². The van der Waals surface area contributed by atoms with Crippen LogP contribution in [-0.2, 0) is 19.1 Å². The number of pyridine rings is 2. The van der Waals surface area contributed by atoms with Gasteiger partial charge in [-0.1, -0.05) is 6.07 Å². The van der Waals surface area contributed by atoms with Gasteiger partial charge in [0.1, 0.15) is 11.6 Å². The first kappa shape index (κ1) is 25.4. The standard InChI is InChI=1S/C28H26F3N5O2/c1-17(25-15-20(38-3)6-9-33-25)36-11-7-21-23(22-5-4-8-34-26(22)28(29,30)31)13-19(14-24(21)27(36)37)16-35-12-10-32-18(35)2/h4-6,8-10,12-15,17H,7,11,16H2,1-3H3/t17-/m0/s1. The van der Waals surface area contributed by atoms with Crippen LogP contribution in [0.4, 0.5) is 13.2 Å². The summed E-state index contributed by atoms with van der Waals surface area (Å²) in [7, 11) is 1.56. The fourth-order valence-electron chi connectivity index (χ4n) is 4.94. The second-order valence-corrected chi connectivity index (χ2v) is 9.21. The van der Waals surface area contributed by atoms with E-state index in [1.165, 1.54) is 12.1 Å². The van der Waals surface area contributed by atoms with Gasteiger partial charge in [-0.05, 0) is 61.2 Å². The molecule has 0 unspecified atom stereocenters. The van der Waals surface area contributed by atoms with Crippen molar-refractivity contribution >= 4 is 5.91 Å². The van der Waals surface area contributed by atoms with E-state index in [4.69, 9.17) is 4.74 Å². The molecule has 0 spiro atoms. The minimum Gasteiger partial charge on any atom is -0.497 e. The number of halogens is 3. The first-order valence-corrected chi connectivity index (χ1v) is 12.1. The smallest absolute Gasteiger partial charge is 0.433 e. The molecular formula is C28H26F3N5O2. The number of ether oxygens (including phenoxy) is 1. The second-order valence-electron chi connectivity index (χ2n) is 9.21. The molecule has 3 aromatic heterocycles. The molecule has 0 saturated carbocycles. The molecule has 1 aromatic carbocycles. The summed E-state index contributed by atoms with van der Waals surface area (Å²) in [5.74, 6) is 1.13. The number of nitrogens with zero attached hydrogens (tertiary/aromatic N) is 5. The number of amides is 1. The number of alkyl halides is 3. The second kappa shape index (κ2) is 9.92. The maximum Gasteiger partial charge on any atom is 0.433 e. The molecule has 0 N–H and O–H groups in total. The van der Waals surface area contributed by atoms with Crippen molar-refractivity contribution in [2.75, 3.05) is 13.7 Å². The van der Waals surface area contributed by atoms with Gasteiger partial charge < -0.3 is 14.2 Å². The number of rotatable bonds is 6. The molecule has 4 heterocycles. The number of carbonyl (C=O) groups excluding carboxylic acids is 1. The molecule has 1 atom stereocenters. The van der Waals surface area contributed by atoms with Crippen LogP contribution in [0.25, 0.3) is 11.1 Å². The topological polar surface area (TPSA) is 73.1 Å². The number of imidazole rings is 1. The van der Waals surface area contributed by atoms with Gasteiger partial charge in [-0.15, -0.1) is 0 Å². The summed E-state index contributed by atoms with van der Waals surface area (Å²) in [5.41, 5.74) is 1.69. The third-order valence-corrected chi connectivity index (χ3v) is 6.93. The maximum atomic E-state index is 14.0. The van der Waals surface area contributed by atoms with Crippen LogP contribution in [0.15, 0.2) is 61.2 Å². The van der Waals surface area contributed by atoms with Crippen molar-refractivity contribution in [3.05, 3.63) is 95.1 Å². The molecule has 5 rings (SSSR count). The van der Waals surface area contributed by atoms with Crippen LogP contribution < -0.4 is 4.74 Å². The van der Waals surface area contributed by atoms with Crippen LogP contribution in [0, 0.1) is 6.92 Å². The fraction of sp³-hybridized carbons (Fsp3) is 0.286. The quantitative estimate of drug-likeness (QED) is 0.336. The lowest BCUT2D eigenvalue weighted by atomic mass is 9.87. The number of hydrogen-bond donors (Lipinski definition) is 0. The van der Waals surface area contributed by atoms with Crippen molar-refractivity contribution in [3.63, 3.8) is 0 Å². The van der Waals surface area contributed by atoms with Crippen LogP contribution in [0.3, 0.4) is 0 Å². The van der Waals surface area contributed by atoms with Crippen LogP contribution in [0.1, 0.15) is 51.7 Å². The van der Waals surface area contributed by atoms with Crippen LogP contribution in [-0.4, -0.2) is 44.0 Å². The molecule has 38 heavy (non-hydrogen) atoms. The van der Waals surface area contributed by atoms with E-state index in [-0.39, 0.29) is 17.5 Å². The Kier molecular flexibility index (Phi) is 6.64. The number of fused-ring (bicyclic) bond motifs is 1. The van der Waals surface area contributed by atoms with Crippen molar-refractivity contribution in [3.8, 4) is 16.9 Å². The molecule has 196 valence electrons. The predicted octanol–water partition coefficient (Wildman–Crippen LogP) is 5.48. The van der Waals surface area contributed by atoms with Gasteiger partial charge in [-0.25, -0.2) is 4.98 Å². The van der Waals surface area contributed by atoms with Gasteiger partial charge in [-0.2, -0.15) is 13.2 Å². The summed E-state index contributed by atoms with van der Waals surface area (Å²) in [6.07, 6.45) is 1.96. The molecule has 4 aromatic rings. The van der Waals surface area contributed by atoms with E-state index in [9.17, 15) is 18.0 Å². The van der Waals surface area contributed by atoms with Crippen LogP contribution >= 0.6 is 0 Å². The van der Waals surface area contributed by atoms with E-state index in [1.807, 2.05) is 18.4 Å². The lowest BCUT2D eigenvalue weighted by Crippen LogP contribution is -2.40. The lowest BCUT2D eigenvalue weighted by Gasteiger charge is -2.35. The van der Waals surface area contributed by atoms with Gasteiger partial charge in [0.25, 0.3) is 5.91 Å². The molecule has 10 heteroatoms. The zero-order chi connectivity index (χ0) is 27.0. The Balaban J connectivity index is 1.63. The van der Waals surface area contributed by atoms with Crippen molar-refractivity contribution in [1.82, 2.24) is 24.4 Å². The summed E-state index contributed by atoms with van der Waals surface area (Å²) in [5, 5.41) is 0. The highest BCUT2D eigenvalue weighted by Crippen LogP contribution is 2.40. The zero-order valence-corrected chi connectivity index (χ0v) is 21.2. The van der Waals surface area contributed by atoms with Crippen LogP contribution in [0.2, 0.25) is 0 Å². The summed E-state index contributed by atoms with van der Waals surface area (Å²) < 4.78 is 49.0. The normalized spacial score (nSPS) is 14.4. The fourth-order valence-corrected chi connectivity index (χ4v) is 4.94. The average molecular weight is 522 g/mol. The molecular weight excluding hydrogens is 495 g/mol. The average Bonchev–Trinajstić information content (AvgIpc) is 3.32. The summed E-state index contributed by atoms with van der Waals surface area (Å²) >= 11 is 0. The Morgan fingerprint density at radius 2 is 1.82 bits per heavy atom. The van der Waals surface area contributed by atoms with E-state index < -0.39 is 11.9 Å². The molecule has 0 bridgehead atoms. The molecule has 1 aliphatic heterocycles. The van der Waals surface area contributed by atoms with Crippen molar-refractivity contribution in [1.29, 1.82) is 0 Å². The first-order chi connectivity index (χ1) is 18.2. The molecule has 1 amide bonds. The van der Waals surface area contributed by atoms with Gasteiger partial charge in [0.2, 0.25) is 0 Å². The largest absolute Gasteiger partial charge is 0.497 e. The number of aryl methyl sites for hydroxylation is 1. The van der Waals surface area contributed by atoms with Gasteiger partial charge >= 0.3 is 6.18 Å². The number of hydrogen-bond acceptors (Lipinski definition) is 5. The number of benzene rings is 1. The monoisotopic (exact) mass is 521 g/mol. The third kappa shape index (κ3) is 4.73. The maximum absolute atomic E-state index is 14.0. The van der Waals surface area contributed by atoms with Gasteiger partial charge in [0, 0.05) is 55.1 Å². The Bertz CT molecular complexity index is 1500. The molecule has 0 aliphatic carbocycles. The van der Waals surface area contributed by atoms with E-state index in [0.29, 0.717) is 53.2 Å². The Morgan fingerprint density at radius 3 is 2.53 bits per heavy atom. The number of aromatic nitrogens is 4. The first-order valence-electron chi connectivity index (χ1n) is 12.1. The summed E-state index contributed by atoms with van der Waals surface area (Å²) in [4.78, 5) is 27.9. The minimum atomic E-state index is -4.64. The summed E-state index contributed by atoms with van der Waals surface area (Å²) in [6, 6.07) is 9.56. The zero-order valence-electron chi connectivity index (χ0n) is 21.2. The van der Waals surface area contributed by atoms with E-state index in [2.05, 4.69) is 15.0 Å². The lowest BCUT2D eigenvalue weighted by molar-refractivity contribution is -0.140. The van der Waals surface area contributed by atoms with Gasteiger partial charge in [0.05, 0.1) is 18.8 Å². The van der Waals surface area contributed by atoms with Crippen molar-refractivity contribution < 1.29 is 22.7 Å². The SMILES string of the molecule is COc1ccnc([C@H](C)N2CCc3c(cc(Cn4ccnc4C)cc3-c3cccnc3C(F)(F)F)C2=O)c1. The summed E-state index contributed by atoms with van der Waals surface area (Å²) in [6.45, 7) is 4.42. The number of methoxy groups -OCH3 is 1. The highest BCUT2D eigenvalue weighted by molar-refractivity contribution is 5.99. The molecule has 0 fully saturated rings. The Morgan fingerprint density at radius 1 is 1.03 bits per heavy atom. The molecule has 1 aliphatic rings. The molecule has 0 saturated heterocycles. The molecule has 7 nitrogen and oxygen atoms in total. The van der Waals surface area contributed by atoms with E-state index in [1.54, 1.807) is 54.9 Å². The highest BCUT2D eigenvalue weighted by atomic mass is 19.4. The third-order valence-electron chi connectivity index (χ3n) is 6.93. The van der Waals surface area contributed by atoms with Crippen molar-refractivity contribution in [2.24, 2.45) is 0 Å². The Labute approximate surface area is 217 Å². The van der Waals surface area contributed by atoms with Crippen LogP contribution in [0.5, 0.6) is 5.75 Å². The number of carbonyl (C=O) groups is 1. The minimum absolute atomic E-state index is 0.0378. The highest BCUT2D eigenvalue weighted by Gasteiger charge is 2.37. The van der Waals surface area contributed by atoms with Gasteiger partial charge in [0.15, 0.2) is 5.69 Å². The Hall–Kier alpha value is -4.21. The van der Waals surface area contributed by atoms with E-state index in [0.717, 1.165) is 12.0 Å². The van der Waals surface area contributed by atoms with Crippen molar-refractivity contribution in [2.45, 2.75) is 39.0 Å².